The van der Waals surface area contributed by atoms with Crippen molar-refractivity contribution in [1.29, 1.82) is 0 Å². The molecule has 2 aromatic carbocycles. The van der Waals surface area contributed by atoms with Crippen LogP contribution in [0.3, 0.4) is 0 Å². The molecule has 0 aliphatic heterocycles. The predicted molar refractivity (Wildman–Crippen MR) is 185 cm³/mol. The van der Waals surface area contributed by atoms with Crippen LogP contribution in [0.1, 0.15) is 121 Å². The molecule has 0 saturated heterocycles. The lowest BCUT2D eigenvalue weighted by Crippen LogP contribution is -2.51. The maximum absolute atomic E-state index is 12.5. The van der Waals surface area contributed by atoms with Crippen LogP contribution in [-0.4, -0.2) is 17.0 Å². The first kappa shape index (κ1) is 32.1. The van der Waals surface area contributed by atoms with Gasteiger partial charge in [-0.1, -0.05) is 83.7 Å². The molecule has 3 saturated carbocycles. The lowest BCUT2D eigenvalue weighted by Gasteiger charge is -2.58. The SMILES string of the molecule is CC(C)CCC[C@@H](C)[C@H]1CCC2C3CC=C4CC(Oc5ccc(C=CC(=O)c6ccc(O)cc6)cc5)CC[C@]4(C)C3CC[C@@]21C. The zero-order chi connectivity index (χ0) is 31.8. The minimum atomic E-state index is -0.0782. The maximum atomic E-state index is 12.5. The summed E-state index contributed by atoms with van der Waals surface area (Å²) >= 11 is 0. The van der Waals surface area contributed by atoms with Crippen molar-refractivity contribution < 1.29 is 14.6 Å². The summed E-state index contributed by atoms with van der Waals surface area (Å²) in [4.78, 5) is 12.5. The van der Waals surface area contributed by atoms with Gasteiger partial charge in [0.25, 0.3) is 0 Å². The number of benzene rings is 2. The second-order valence-corrected chi connectivity index (χ2v) is 16.1. The van der Waals surface area contributed by atoms with Gasteiger partial charge >= 0.3 is 0 Å². The molecule has 3 nitrogen and oxygen atoms in total. The molecule has 242 valence electrons. The third-order valence-corrected chi connectivity index (χ3v) is 13.0. The molecule has 8 atom stereocenters. The monoisotopic (exact) mass is 608 g/mol. The summed E-state index contributed by atoms with van der Waals surface area (Å²) in [7, 11) is 0. The van der Waals surface area contributed by atoms with Crippen LogP contribution in [0, 0.1) is 46.3 Å². The summed E-state index contributed by atoms with van der Waals surface area (Å²) in [6.45, 7) is 12.6. The van der Waals surface area contributed by atoms with E-state index in [1.165, 1.54) is 69.9 Å². The number of hydrogen-bond donors (Lipinski definition) is 1. The average Bonchev–Trinajstić information content (AvgIpc) is 3.38. The van der Waals surface area contributed by atoms with Crippen LogP contribution in [0.25, 0.3) is 6.08 Å². The molecule has 0 amide bonds. The lowest BCUT2D eigenvalue weighted by atomic mass is 9.47. The van der Waals surface area contributed by atoms with Crippen molar-refractivity contribution in [2.45, 2.75) is 111 Å². The predicted octanol–water partition coefficient (Wildman–Crippen LogP) is 11.1. The van der Waals surface area contributed by atoms with E-state index < -0.39 is 0 Å². The molecule has 0 spiro atoms. The molecule has 1 N–H and O–H groups in total. The number of ketones is 1. The van der Waals surface area contributed by atoms with Gasteiger partial charge in [0.15, 0.2) is 5.78 Å². The molecule has 45 heavy (non-hydrogen) atoms. The van der Waals surface area contributed by atoms with E-state index in [1.807, 2.05) is 30.3 Å². The number of ether oxygens (including phenoxy) is 1. The maximum Gasteiger partial charge on any atom is 0.185 e. The van der Waals surface area contributed by atoms with Gasteiger partial charge in [0, 0.05) is 12.0 Å². The highest BCUT2D eigenvalue weighted by Crippen LogP contribution is 2.67. The Balaban J connectivity index is 1.06. The summed E-state index contributed by atoms with van der Waals surface area (Å²) in [6.07, 6.45) is 21.0. The Kier molecular flexibility index (Phi) is 9.38. The average molecular weight is 609 g/mol. The fourth-order valence-corrected chi connectivity index (χ4v) is 10.5. The third kappa shape index (κ3) is 6.56. The van der Waals surface area contributed by atoms with E-state index in [-0.39, 0.29) is 17.6 Å². The Hall–Kier alpha value is -2.81. The summed E-state index contributed by atoms with van der Waals surface area (Å²) in [5, 5.41) is 9.45. The summed E-state index contributed by atoms with van der Waals surface area (Å²) < 4.78 is 6.56. The first-order valence-electron chi connectivity index (χ1n) is 18.0. The van der Waals surface area contributed by atoms with Crippen molar-refractivity contribution >= 4 is 11.9 Å². The van der Waals surface area contributed by atoms with Crippen LogP contribution in [0.15, 0.2) is 66.3 Å². The molecule has 0 bridgehead atoms. The van der Waals surface area contributed by atoms with Gasteiger partial charge in [0.05, 0.1) is 0 Å². The third-order valence-electron chi connectivity index (χ3n) is 13.0. The van der Waals surface area contributed by atoms with E-state index in [4.69, 9.17) is 4.74 Å². The Morgan fingerprint density at radius 1 is 0.933 bits per heavy atom. The molecule has 4 aliphatic rings. The van der Waals surface area contributed by atoms with E-state index in [0.29, 0.717) is 16.4 Å². The quantitative estimate of drug-likeness (QED) is 0.166. The largest absolute Gasteiger partial charge is 0.508 e. The van der Waals surface area contributed by atoms with Crippen LogP contribution in [0.4, 0.5) is 0 Å². The van der Waals surface area contributed by atoms with Crippen LogP contribution >= 0.6 is 0 Å². The fourth-order valence-electron chi connectivity index (χ4n) is 10.5. The number of phenolic OH excluding ortho intramolecular Hbond substituents is 1. The zero-order valence-electron chi connectivity index (χ0n) is 28.4. The van der Waals surface area contributed by atoms with Crippen molar-refractivity contribution in [2.75, 3.05) is 0 Å². The number of carbonyl (C=O) groups is 1. The normalized spacial score (nSPS) is 33.3. The number of allylic oxidation sites excluding steroid dienone is 2. The van der Waals surface area contributed by atoms with Gasteiger partial charge in [-0.25, -0.2) is 0 Å². The number of rotatable bonds is 10. The molecule has 3 heteroatoms. The Bertz CT molecular complexity index is 1380. The van der Waals surface area contributed by atoms with E-state index in [0.717, 1.165) is 59.7 Å². The Labute approximate surface area is 272 Å². The minimum absolute atomic E-state index is 0.0782. The van der Waals surface area contributed by atoms with Crippen molar-refractivity contribution in [3.05, 3.63) is 77.4 Å². The molecule has 0 heterocycles. The first-order chi connectivity index (χ1) is 21.6. The summed E-state index contributed by atoms with van der Waals surface area (Å²) in [6, 6.07) is 14.5. The van der Waals surface area contributed by atoms with Gasteiger partial charge in [-0.3, -0.25) is 4.79 Å². The zero-order valence-corrected chi connectivity index (χ0v) is 28.4. The van der Waals surface area contributed by atoms with Gasteiger partial charge < -0.3 is 9.84 Å². The summed E-state index contributed by atoms with van der Waals surface area (Å²) in [5.41, 5.74) is 4.08. The van der Waals surface area contributed by atoms with Crippen molar-refractivity contribution in [2.24, 2.45) is 46.3 Å². The van der Waals surface area contributed by atoms with E-state index in [2.05, 4.69) is 40.7 Å². The molecule has 0 aromatic heterocycles. The van der Waals surface area contributed by atoms with Gasteiger partial charge in [0.1, 0.15) is 17.6 Å². The Morgan fingerprint density at radius 3 is 2.42 bits per heavy atom. The number of aromatic hydroxyl groups is 1. The molecule has 2 aromatic rings. The van der Waals surface area contributed by atoms with Crippen LogP contribution < -0.4 is 4.74 Å². The molecule has 3 fully saturated rings. The van der Waals surface area contributed by atoms with Crippen molar-refractivity contribution in [3.8, 4) is 11.5 Å². The molecule has 4 unspecified atom stereocenters. The van der Waals surface area contributed by atoms with Crippen LogP contribution in [-0.2, 0) is 0 Å². The van der Waals surface area contributed by atoms with Gasteiger partial charge in [-0.15, -0.1) is 0 Å². The number of carbonyl (C=O) groups excluding carboxylic acids is 1. The Morgan fingerprint density at radius 2 is 1.69 bits per heavy atom. The molecule has 6 rings (SSSR count). The number of phenols is 1. The van der Waals surface area contributed by atoms with Crippen LogP contribution in [0.5, 0.6) is 11.5 Å². The standard InChI is InChI=1S/C42H56O3/c1-28(2)7-6-8-29(3)37-20-21-38-36-19-14-32-27-35(23-25-41(32,4)39(36)24-26-42(37,38)5)45-34-17-9-30(10-18-34)11-22-40(44)31-12-15-33(43)16-13-31/h9-18,22,28-29,35-39,43H,6-8,19-21,23-27H2,1-5H3/t29-,35?,36?,37-,38?,39?,41+,42-/m1/s1. The van der Waals surface area contributed by atoms with Crippen molar-refractivity contribution in [3.63, 3.8) is 0 Å². The van der Waals surface area contributed by atoms with Gasteiger partial charge in [-0.2, -0.15) is 0 Å². The lowest BCUT2D eigenvalue weighted by molar-refractivity contribution is -0.0559. The highest BCUT2D eigenvalue weighted by Gasteiger charge is 2.59. The van der Waals surface area contributed by atoms with Crippen LogP contribution in [0.2, 0.25) is 0 Å². The number of fused-ring (bicyclic) bond motifs is 5. The first-order valence-corrected chi connectivity index (χ1v) is 18.0. The smallest absolute Gasteiger partial charge is 0.185 e. The van der Waals surface area contributed by atoms with Crippen molar-refractivity contribution in [1.82, 2.24) is 0 Å². The van der Waals surface area contributed by atoms with E-state index in [9.17, 15) is 9.90 Å². The second kappa shape index (κ2) is 13.1. The molecular weight excluding hydrogens is 552 g/mol. The van der Waals surface area contributed by atoms with E-state index >= 15 is 0 Å². The molecule has 4 aliphatic carbocycles. The molecular formula is C42H56O3. The highest BCUT2D eigenvalue weighted by atomic mass is 16.5. The second-order valence-electron chi connectivity index (χ2n) is 16.1. The summed E-state index contributed by atoms with van der Waals surface area (Å²) in [5.74, 6) is 6.21. The van der Waals surface area contributed by atoms with Gasteiger partial charge in [-0.05, 0) is 139 Å². The topological polar surface area (TPSA) is 46.5 Å². The number of hydrogen-bond acceptors (Lipinski definition) is 3. The van der Waals surface area contributed by atoms with E-state index in [1.54, 1.807) is 23.8 Å². The highest BCUT2D eigenvalue weighted by molar-refractivity contribution is 6.06. The van der Waals surface area contributed by atoms with Gasteiger partial charge in [0.2, 0.25) is 0 Å². The fraction of sp³-hybridized carbons (Fsp3) is 0.595. The minimum Gasteiger partial charge on any atom is -0.508 e. The molecule has 0 radical (unpaired) electrons.